The number of nitrogens with two attached hydrogens (primary N) is 1. The van der Waals surface area contributed by atoms with Gasteiger partial charge in [-0.15, -0.1) is 0 Å². The number of hydrogen-bond acceptors (Lipinski definition) is 3. The summed E-state index contributed by atoms with van der Waals surface area (Å²) >= 11 is 0. The van der Waals surface area contributed by atoms with Crippen LogP contribution < -0.4 is 5.73 Å². The van der Waals surface area contributed by atoms with Gasteiger partial charge in [0.15, 0.2) is 9.84 Å². The molecule has 0 radical (unpaired) electrons. The van der Waals surface area contributed by atoms with Crippen LogP contribution in [0.4, 0.5) is 0 Å². The lowest BCUT2D eigenvalue weighted by atomic mass is 10.1. The van der Waals surface area contributed by atoms with Gasteiger partial charge in [0.25, 0.3) is 0 Å². The summed E-state index contributed by atoms with van der Waals surface area (Å²) in [4.78, 5) is 0. The van der Waals surface area contributed by atoms with E-state index in [1.165, 1.54) is 0 Å². The van der Waals surface area contributed by atoms with E-state index in [0.29, 0.717) is 6.54 Å². The molecule has 4 heteroatoms. The minimum Gasteiger partial charge on any atom is -0.330 e. The highest BCUT2D eigenvalue weighted by Gasteiger charge is 2.42. The molecular weight excluding hydrogens is 198 g/mol. The first-order chi connectivity index (χ1) is 6.22. The molecule has 0 saturated heterocycles. The zero-order chi connectivity index (χ0) is 11.0. The number of rotatable bonds is 4. The Morgan fingerprint density at radius 3 is 2.07 bits per heavy atom. The Kier molecular flexibility index (Phi) is 2.99. The van der Waals surface area contributed by atoms with Crippen LogP contribution in [0.25, 0.3) is 0 Å². The quantitative estimate of drug-likeness (QED) is 0.776. The molecule has 0 heterocycles. The molecule has 1 aliphatic rings. The Bertz CT molecular complexity index is 297. The Hall–Kier alpha value is -0.0900. The second-order valence-electron chi connectivity index (χ2n) is 5.39. The van der Waals surface area contributed by atoms with Gasteiger partial charge in [0, 0.05) is 0 Å². The maximum absolute atomic E-state index is 11.8. The molecule has 2 N–H and O–H groups in total. The molecule has 0 atom stereocenters. The van der Waals surface area contributed by atoms with Crippen molar-refractivity contribution in [2.24, 2.45) is 11.1 Å². The Labute approximate surface area is 87.0 Å². The van der Waals surface area contributed by atoms with E-state index < -0.39 is 14.6 Å². The molecule has 0 aromatic heterocycles. The predicted molar refractivity (Wildman–Crippen MR) is 58.9 cm³/mol. The van der Waals surface area contributed by atoms with Gasteiger partial charge in [-0.05, 0) is 52.0 Å². The summed E-state index contributed by atoms with van der Waals surface area (Å²) in [6.45, 7) is 5.89. The molecule has 1 aliphatic carbocycles. The van der Waals surface area contributed by atoms with E-state index in [0.717, 1.165) is 19.3 Å². The molecule has 1 rings (SSSR count). The molecule has 14 heavy (non-hydrogen) atoms. The molecule has 0 spiro atoms. The summed E-state index contributed by atoms with van der Waals surface area (Å²) in [5, 5.41) is 0. The zero-order valence-corrected chi connectivity index (χ0v) is 10.2. The SMILES string of the molecule is CC(C)(C)S(=O)(=O)CCC1(CN)CC1. The first kappa shape index (κ1) is 12.0. The summed E-state index contributed by atoms with van der Waals surface area (Å²) in [7, 11) is -2.96. The van der Waals surface area contributed by atoms with Crippen LogP contribution >= 0.6 is 0 Å². The van der Waals surface area contributed by atoms with Crippen LogP contribution in [0.1, 0.15) is 40.0 Å². The van der Waals surface area contributed by atoms with Gasteiger partial charge >= 0.3 is 0 Å². The van der Waals surface area contributed by atoms with Crippen LogP contribution in [-0.4, -0.2) is 25.5 Å². The van der Waals surface area contributed by atoms with Crippen LogP contribution in [0.5, 0.6) is 0 Å². The van der Waals surface area contributed by atoms with Crippen molar-refractivity contribution in [1.82, 2.24) is 0 Å². The molecule has 0 unspecified atom stereocenters. The highest BCUT2D eigenvalue weighted by Crippen LogP contribution is 2.48. The van der Waals surface area contributed by atoms with Crippen molar-refractivity contribution in [2.45, 2.75) is 44.8 Å². The van der Waals surface area contributed by atoms with Gasteiger partial charge in [-0.3, -0.25) is 0 Å². The number of hydrogen-bond donors (Lipinski definition) is 1. The lowest BCUT2D eigenvalue weighted by Crippen LogP contribution is -2.32. The average molecular weight is 219 g/mol. The van der Waals surface area contributed by atoms with Crippen LogP contribution in [0.3, 0.4) is 0 Å². The van der Waals surface area contributed by atoms with Gasteiger partial charge in [-0.2, -0.15) is 0 Å². The van der Waals surface area contributed by atoms with Crippen molar-refractivity contribution in [2.75, 3.05) is 12.3 Å². The van der Waals surface area contributed by atoms with Gasteiger partial charge in [0.2, 0.25) is 0 Å². The third-order valence-electron chi connectivity index (χ3n) is 3.22. The lowest BCUT2D eigenvalue weighted by Gasteiger charge is -2.21. The summed E-state index contributed by atoms with van der Waals surface area (Å²) in [5.74, 6) is 0.285. The fourth-order valence-corrected chi connectivity index (χ4v) is 2.70. The minimum absolute atomic E-state index is 0.165. The van der Waals surface area contributed by atoms with E-state index in [1.54, 1.807) is 20.8 Å². The lowest BCUT2D eigenvalue weighted by molar-refractivity contribution is 0.491. The highest BCUT2D eigenvalue weighted by atomic mass is 32.2. The van der Waals surface area contributed by atoms with Crippen molar-refractivity contribution < 1.29 is 8.42 Å². The Morgan fingerprint density at radius 2 is 1.79 bits per heavy atom. The monoisotopic (exact) mass is 219 g/mol. The second kappa shape index (κ2) is 3.49. The summed E-state index contributed by atoms with van der Waals surface area (Å²) < 4.78 is 23.0. The summed E-state index contributed by atoms with van der Waals surface area (Å²) in [6, 6.07) is 0. The molecule has 1 fully saturated rings. The Morgan fingerprint density at radius 1 is 1.29 bits per heavy atom. The smallest absolute Gasteiger partial charge is 0.155 e. The van der Waals surface area contributed by atoms with Crippen LogP contribution in [0.2, 0.25) is 0 Å². The fourth-order valence-electron chi connectivity index (χ4n) is 1.39. The molecule has 84 valence electrons. The topological polar surface area (TPSA) is 60.2 Å². The zero-order valence-electron chi connectivity index (χ0n) is 9.34. The van der Waals surface area contributed by atoms with Gasteiger partial charge in [-0.25, -0.2) is 8.42 Å². The maximum atomic E-state index is 11.8. The third kappa shape index (κ3) is 2.48. The second-order valence-corrected chi connectivity index (χ2v) is 8.25. The van der Waals surface area contributed by atoms with Crippen molar-refractivity contribution in [3.63, 3.8) is 0 Å². The fraction of sp³-hybridized carbons (Fsp3) is 1.00. The maximum Gasteiger partial charge on any atom is 0.155 e. The average Bonchev–Trinajstić information content (AvgIpc) is 2.80. The largest absolute Gasteiger partial charge is 0.330 e. The van der Waals surface area contributed by atoms with Crippen LogP contribution in [0, 0.1) is 5.41 Å². The van der Waals surface area contributed by atoms with Gasteiger partial charge in [0.05, 0.1) is 10.5 Å². The van der Waals surface area contributed by atoms with Gasteiger partial charge in [-0.1, -0.05) is 0 Å². The van der Waals surface area contributed by atoms with Crippen molar-refractivity contribution in [3.05, 3.63) is 0 Å². The van der Waals surface area contributed by atoms with Crippen molar-refractivity contribution in [3.8, 4) is 0 Å². The predicted octanol–water partition coefficient (Wildman–Crippen LogP) is 1.33. The van der Waals surface area contributed by atoms with E-state index in [4.69, 9.17) is 5.73 Å². The molecule has 0 aromatic rings. The molecule has 0 aromatic carbocycles. The van der Waals surface area contributed by atoms with Crippen molar-refractivity contribution in [1.29, 1.82) is 0 Å². The van der Waals surface area contributed by atoms with E-state index in [-0.39, 0.29) is 11.2 Å². The Balaban J connectivity index is 2.54. The van der Waals surface area contributed by atoms with Crippen molar-refractivity contribution >= 4 is 9.84 Å². The van der Waals surface area contributed by atoms with Gasteiger partial charge < -0.3 is 5.73 Å². The van der Waals surface area contributed by atoms with Gasteiger partial charge in [0.1, 0.15) is 0 Å². The minimum atomic E-state index is -2.96. The third-order valence-corrected chi connectivity index (χ3v) is 5.83. The molecular formula is C10H21NO2S. The molecule has 3 nitrogen and oxygen atoms in total. The van der Waals surface area contributed by atoms with E-state index in [1.807, 2.05) is 0 Å². The highest BCUT2D eigenvalue weighted by molar-refractivity contribution is 7.92. The molecule has 0 amide bonds. The summed E-state index contributed by atoms with van der Waals surface area (Å²) in [6.07, 6.45) is 2.94. The molecule has 0 aliphatic heterocycles. The first-order valence-corrected chi connectivity index (χ1v) is 6.80. The normalized spacial score (nSPS) is 20.9. The van der Waals surface area contributed by atoms with Crippen LogP contribution in [0.15, 0.2) is 0 Å². The standard InChI is InChI=1S/C10H21NO2S/c1-9(2,3)14(12,13)7-6-10(8-11)4-5-10/h4-8,11H2,1-3H3. The summed E-state index contributed by atoms with van der Waals surface area (Å²) in [5.41, 5.74) is 5.78. The van der Waals surface area contributed by atoms with E-state index in [2.05, 4.69) is 0 Å². The molecule has 0 bridgehead atoms. The van der Waals surface area contributed by atoms with Crippen LogP contribution in [-0.2, 0) is 9.84 Å². The number of sulfone groups is 1. The van der Waals surface area contributed by atoms with E-state index >= 15 is 0 Å². The van der Waals surface area contributed by atoms with E-state index in [9.17, 15) is 8.42 Å². The molecule has 1 saturated carbocycles. The first-order valence-electron chi connectivity index (χ1n) is 5.15.